The van der Waals surface area contributed by atoms with Gasteiger partial charge in [0.05, 0.1) is 0 Å². The molecule has 0 N–H and O–H groups in total. The highest BCUT2D eigenvalue weighted by atomic mass is 32.2. The number of carbonyl (C=O) groups is 1. The van der Waals surface area contributed by atoms with Gasteiger partial charge in [-0.15, -0.1) is 0 Å². The van der Waals surface area contributed by atoms with E-state index in [9.17, 15) is 4.79 Å². The van der Waals surface area contributed by atoms with E-state index in [0.29, 0.717) is 11.3 Å². The molecule has 52 valence electrons. The molecule has 1 aliphatic heterocycles. The van der Waals surface area contributed by atoms with Crippen molar-refractivity contribution in [1.29, 1.82) is 0 Å². The third kappa shape index (κ3) is 1.06. The van der Waals surface area contributed by atoms with Gasteiger partial charge in [-0.3, -0.25) is 4.79 Å². The molecular formula is C6H11NOS. The Morgan fingerprint density at radius 3 is 2.22 bits per heavy atom. The van der Waals surface area contributed by atoms with Crippen LogP contribution < -0.4 is 0 Å². The molecular weight excluding hydrogens is 134 g/mol. The normalized spacial score (nSPS) is 35.9. The van der Waals surface area contributed by atoms with Crippen LogP contribution in [-0.4, -0.2) is 28.5 Å². The molecule has 0 spiro atoms. The van der Waals surface area contributed by atoms with Crippen molar-refractivity contribution < 1.29 is 4.79 Å². The first-order valence-electron chi connectivity index (χ1n) is 3.06. The molecule has 0 aliphatic carbocycles. The monoisotopic (exact) mass is 145 g/mol. The molecule has 1 rings (SSSR count). The van der Waals surface area contributed by atoms with E-state index in [-0.39, 0.29) is 5.24 Å². The van der Waals surface area contributed by atoms with Crippen LogP contribution in [0.3, 0.4) is 0 Å². The molecule has 9 heavy (non-hydrogen) atoms. The standard InChI is InChI=1S/C6H11NOS/c1-4-5(2)9-6(8)7(4)3/h4-5H,1-3H3. The Morgan fingerprint density at radius 1 is 1.56 bits per heavy atom. The maximum atomic E-state index is 10.9. The molecule has 0 aromatic carbocycles. The van der Waals surface area contributed by atoms with Crippen LogP contribution in [0.5, 0.6) is 0 Å². The number of carbonyl (C=O) groups excluding carboxylic acids is 1. The minimum atomic E-state index is 0.204. The Balaban J connectivity index is 2.65. The Bertz CT molecular complexity index is 137. The van der Waals surface area contributed by atoms with Crippen molar-refractivity contribution in [2.24, 2.45) is 0 Å². The van der Waals surface area contributed by atoms with Gasteiger partial charge in [0.25, 0.3) is 5.24 Å². The summed E-state index contributed by atoms with van der Waals surface area (Å²) in [7, 11) is 1.85. The average Bonchev–Trinajstić information content (AvgIpc) is 1.98. The highest BCUT2D eigenvalue weighted by Crippen LogP contribution is 2.28. The van der Waals surface area contributed by atoms with E-state index < -0.39 is 0 Å². The lowest BCUT2D eigenvalue weighted by Gasteiger charge is -2.15. The molecule has 2 atom stereocenters. The fourth-order valence-electron chi connectivity index (χ4n) is 0.822. The summed E-state index contributed by atoms with van der Waals surface area (Å²) in [5.74, 6) is 0. The lowest BCUT2D eigenvalue weighted by Crippen LogP contribution is -2.28. The molecule has 1 fully saturated rings. The number of amides is 1. The van der Waals surface area contributed by atoms with Crippen molar-refractivity contribution in [2.45, 2.75) is 25.1 Å². The third-order valence-corrected chi connectivity index (χ3v) is 3.12. The van der Waals surface area contributed by atoms with E-state index in [1.165, 1.54) is 11.8 Å². The summed E-state index contributed by atoms with van der Waals surface area (Å²) in [4.78, 5) is 12.7. The zero-order valence-corrected chi connectivity index (χ0v) is 6.73. The molecule has 0 aromatic heterocycles. The lowest BCUT2D eigenvalue weighted by molar-refractivity contribution is 0.225. The largest absolute Gasteiger partial charge is 0.333 e. The number of hydrogen-bond acceptors (Lipinski definition) is 2. The molecule has 3 heteroatoms. The molecule has 2 unspecified atom stereocenters. The predicted molar refractivity (Wildman–Crippen MR) is 39.7 cm³/mol. The van der Waals surface area contributed by atoms with Gasteiger partial charge < -0.3 is 4.90 Å². The Hall–Kier alpha value is -0.180. The van der Waals surface area contributed by atoms with Crippen LogP contribution in [0.4, 0.5) is 4.79 Å². The maximum absolute atomic E-state index is 10.9. The Morgan fingerprint density at radius 2 is 2.11 bits per heavy atom. The molecule has 1 saturated heterocycles. The van der Waals surface area contributed by atoms with E-state index in [2.05, 4.69) is 13.8 Å². The Kier molecular flexibility index (Phi) is 1.70. The minimum Gasteiger partial charge on any atom is -0.333 e. The van der Waals surface area contributed by atoms with Crippen LogP contribution >= 0.6 is 11.8 Å². The van der Waals surface area contributed by atoms with E-state index in [1.54, 1.807) is 4.90 Å². The van der Waals surface area contributed by atoms with Crippen molar-refractivity contribution in [2.75, 3.05) is 7.05 Å². The van der Waals surface area contributed by atoms with Gasteiger partial charge in [0.2, 0.25) is 0 Å². The summed E-state index contributed by atoms with van der Waals surface area (Å²) in [5.41, 5.74) is 0. The molecule has 1 heterocycles. The second-order valence-electron chi connectivity index (χ2n) is 2.44. The molecule has 0 bridgehead atoms. The van der Waals surface area contributed by atoms with Gasteiger partial charge in [-0.1, -0.05) is 18.7 Å². The highest BCUT2D eigenvalue weighted by molar-refractivity contribution is 8.14. The smallest absolute Gasteiger partial charge is 0.281 e. The molecule has 1 amide bonds. The van der Waals surface area contributed by atoms with Gasteiger partial charge in [-0.2, -0.15) is 0 Å². The van der Waals surface area contributed by atoms with Gasteiger partial charge in [0, 0.05) is 18.3 Å². The second-order valence-corrected chi connectivity index (χ2v) is 3.77. The molecule has 2 nitrogen and oxygen atoms in total. The summed E-state index contributed by atoms with van der Waals surface area (Å²) >= 11 is 1.42. The first-order chi connectivity index (χ1) is 4.13. The summed E-state index contributed by atoms with van der Waals surface area (Å²) in [6.07, 6.45) is 0. The summed E-state index contributed by atoms with van der Waals surface area (Å²) < 4.78 is 0. The first-order valence-corrected chi connectivity index (χ1v) is 3.94. The van der Waals surface area contributed by atoms with Crippen LogP contribution in [0.1, 0.15) is 13.8 Å². The van der Waals surface area contributed by atoms with Crippen molar-refractivity contribution >= 4 is 17.0 Å². The van der Waals surface area contributed by atoms with Crippen LogP contribution in [-0.2, 0) is 0 Å². The maximum Gasteiger partial charge on any atom is 0.281 e. The van der Waals surface area contributed by atoms with Crippen LogP contribution in [0.25, 0.3) is 0 Å². The SMILES string of the molecule is CC1SC(=O)N(C)C1C. The van der Waals surface area contributed by atoms with Crippen molar-refractivity contribution in [3.63, 3.8) is 0 Å². The first kappa shape index (κ1) is 6.93. The van der Waals surface area contributed by atoms with Gasteiger partial charge in [-0.25, -0.2) is 0 Å². The fourth-order valence-corrected chi connectivity index (χ4v) is 1.85. The highest BCUT2D eigenvalue weighted by Gasteiger charge is 2.31. The van der Waals surface area contributed by atoms with Crippen LogP contribution in [0.2, 0.25) is 0 Å². The van der Waals surface area contributed by atoms with E-state index >= 15 is 0 Å². The summed E-state index contributed by atoms with van der Waals surface area (Å²) in [6.45, 7) is 4.15. The molecule has 0 saturated carbocycles. The Labute approximate surface area is 59.6 Å². The van der Waals surface area contributed by atoms with Crippen molar-refractivity contribution in [3.05, 3.63) is 0 Å². The van der Waals surface area contributed by atoms with E-state index in [1.807, 2.05) is 7.05 Å². The van der Waals surface area contributed by atoms with Gasteiger partial charge in [0.15, 0.2) is 0 Å². The molecule has 0 aromatic rings. The number of hydrogen-bond donors (Lipinski definition) is 0. The third-order valence-electron chi connectivity index (χ3n) is 1.86. The topological polar surface area (TPSA) is 20.3 Å². The quantitative estimate of drug-likeness (QED) is 0.515. The van der Waals surface area contributed by atoms with Crippen LogP contribution in [0.15, 0.2) is 0 Å². The second kappa shape index (κ2) is 2.21. The van der Waals surface area contributed by atoms with Gasteiger partial charge >= 0.3 is 0 Å². The number of nitrogens with zero attached hydrogens (tertiary/aromatic N) is 1. The lowest BCUT2D eigenvalue weighted by atomic mass is 10.2. The summed E-state index contributed by atoms with van der Waals surface area (Å²) in [6, 6.07) is 0.405. The van der Waals surface area contributed by atoms with Gasteiger partial charge in [-0.05, 0) is 6.92 Å². The molecule has 1 aliphatic rings. The van der Waals surface area contributed by atoms with E-state index in [4.69, 9.17) is 0 Å². The fraction of sp³-hybridized carbons (Fsp3) is 0.833. The number of thioether (sulfide) groups is 1. The summed E-state index contributed by atoms with van der Waals surface area (Å²) in [5, 5.41) is 0.664. The van der Waals surface area contributed by atoms with Crippen LogP contribution in [0, 0.1) is 0 Å². The average molecular weight is 145 g/mol. The van der Waals surface area contributed by atoms with Crippen molar-refractivity contribution in [3.8, 4) is 0 Å². The van der Waals surface area contributed by atoms with Gasteiger partial charge in [0.1, 0.15) is 0 Å². The minimum absolute atomic E-state index is 0.204. The zero-order chi connectivity index (χ0) is 7.02. The zero-order valence-electron chi connectivity index (χ0n) is 5.92. The predicted octanol–water partition coefficient (Wildman–Crippen LogP) is 1.56. The number of rotatable bonds is 0. The van der Waals surface area contributed by atoms with E-state index in [0.717, 1.165) is 0 Å². The van der Waals surface area contributed by atoms with Crippen molar-refractivity contribution in [1.82, 2.24) is 4.90 Å². The molecule has 0 radical (unpaired) electrons.